The van der Waals surface area contributed by atoms with Gasteiger partial charge < -0.3 is 4.57 Å². The van der Waals surface area contributed by atoms with E-state index in [9.17, 15) is 0 Å². The summed E-state index contributed by atoms with van der Waals surface area (Å²) in [5, 5.41) is 1.36. The number of rotatable bonds is 4. The van der Waals surface area contributed by atoms with Gasteiger partial charge in [0.1, 0.15) is 0 Å². The zero-order valence-corrected chi connectivity index (χ0v) is 13.6. The molecule has 0 amide bonds. The molecule has 0 N–H and O–H groups in total. The van der Waals surface area contributed by atoms with Crippen LogP contribution in [0.25, 0.3) is 22.7 Å². The third-order valence-electron chi connectivity index (χ3n) is 4.14. The fourth-order valence-electron chi connectivity index (χ4n) is 3.15. The Hall–Kier alpha value is -2.28. The molecule has 1 nitrogen and oxygen atoms in total. The zero-order valence-electron chi connectivity index (χ0n) is 13.6. The van der Waals surface area contributed by atoms with E-state index in [2.05, 4.69) is 86.0 Å². The van der Waals surface area contributed by atoms with Gasteiger partial charge in [0.05, 0.1) is 5.52 Å². The van der Waals surface area contributed by atoms with Gasteiger partial charge in [-0.2, -0.15) is 0 Å². The Balaban J connectivity index is 2.38. The summed E-state index contributed by atoms with van der Waals surface area (Å²) in [4.78, 5) is 0. The maximum atomic E-state index is 2.40. The van der Waals surface area contributed by atoms with Crippen LogP contribution in [0.1, 0.15) is 37.1 Å². The van der Waals surface area contributed by atoms with Gasteiger partial charge in [0.15, 0.2) is 0 Å². The minimum absolute atomic E-state index is 1.04. The van der Waals surface area contributed by atoms with Crippen LogP contribution >= 0.6 is 0 Å². The zero-order chi connectivity index (χ0) is 15.5. The molecule has 0 radical (unpaired) electrons. The van der Waals surface area contributed by atoms with Gasteiger partial charge in [-0.3, -0.25) is 0 Å². The second kappa shape index (κ2) is 6.23. The van der Waals surface area contributed by atoms with Crippen molar-refractivity contribution in [2.45, 2.75) is 33.6 Å². The average Bonchev–Trinajstić information content (AvgIpc) is 2.86. The molecule has 0 spiro atoms. The number of nitrogens with zero attached hydrogens (tertiary/aromatic N) is 1. The van der Waals surface area contributed by atoms with Crippen LogP contribution < -0.4 is 0 Å². The summed E-state index contributed by atoms with van der Waals surface area (Å²) in [6.45, 7) is 6.57. The quantitative estimate of drug-likeness (QED) is 0.561. The monoisotopic (exact) mass is 289 g/mol. The second-order valence-electron chi connectivity index (χ2n) is 5.72. The van der Waals surface area contributed by atoms with E-state index in [4.69, 9.17) is 0 Å². The first-order valence-corrected chi connectivity index (χ1v) is 8.12. The average molecular weight is 289 g/mol. The predicted molar refractivity (Wildman–Crippen MR) is 96.7 cm³/mol. The standard InChI is InChI=1S/C21H23N/c1-4-6-13-20-18(5-2)19-12-7-8-14-21(19)22(20)17-11-9-10-16(3)15-17/h6-15H,4-5H2,1-3H3/b13-6-. The molecule has 0 saturated heterocycles. The van der Waals surface area contributed by atoms with Crippen molar-refractivity contribution < 1.29 is 0 Å². The van der Waals surface area contributed by atoms with E-state index in [1.54, 1.807) is 0 Å². The highest BCUT2D eigenvalue weighted by Gasteiger charge is 2.14. The number of para-hydroxylation sites is 1. The summed E-state index contributed by atoms with van der Waals surface area (Å²) in [6, 6.07) is 17.5. The fraction of sp³-hybridized carbons (Fsp3) is 0.238. The largest absolute Gasteiger partial charge is 0.310 e. The van der Waals surface area contributed by atoms with Gasteiger partial charge in [-0.25, -0.2) is 0 Å². The molecule has 0 saturated carbocycles. The van der Waals surface area contributed by atoms with Gasteiger partial charge in [-0.05, 0) is 55.2 Å². The summed E-state index contributed by atoms with van der Waals surface area (Å²) in [6.07, 6.45) is 6.63. The van der Waals surface area contributed by atoms with Crippen LogP contribution in [0.2, 0.25) is 0 Å². The third-order valence-corrected chi connectivity index (χ3v) is 4.14. The van der Waals surface area contributed by atoms with Crippen LogP contribution in [0.3, 0.4) is 0 Å². The summed E-state index contributed by atoms with van der Waals surface area (Å²) in [5.41, 5.74) is 6.57. The Bertz CT molecular complexity index is 821. The van der Waals surface area contributed by atoms with Crippen LogP contribution in [0.5, 0.6) is 0 Å². The number of aromatic nitrogens is 1. The molecule has 3 rings (SSSR count). The van der Waals surface area contributed by atoms with E-state index in [1.807, 2.05) is 0 Å². The number of allylic oxidation sites excluding steroid dienone is 1. The lowest BCUT2D eigenvalue weighted by Gasteiger charge is -2.10. The lowest BCUT2D eigenvalue weighted by atomic mass is 10.1. The Morgan fingerprint density at radius 3 is 2.55 bits per heavy atom. The van der Waals surface area contributed by atoms with Gasteiger partial charge in [0, 0.05) is 16.8 Å². The lowest BCUT2D eigenvalue weighted by Crippen LogP contribution is -1.98. The SMILES string of the molecule is CC/C=C\c1c(CC)c2ccccc2n1-c1cccc(C)c1. The number of fused-ring (bicyclic) bond motifs is 1. The van der Waals surface area contributed by atoms with Crippen molar-refractivity contribution in [1.29, 1.82) is 0 Å². The Morgan fingerprint density at radius 2 is 1.82 bits per heavy atom. The van der Waals surface area contributed by atoms with Crippen LogP contribution in [0.15, 0.2) is 54.6 Å². The Kier molecular flexibility index (Phi) is 4.15. The molecule has 0 bridgehead atoms. The molecule has 0 unspecified atom stereocenters. The van der Waals surface area contributed by atoms with Crippen molar-refractivity contribution in [2.75, 3.05) is 0 Å². The number of benzene rings is 2. The molecule has 22 heavy (non-hydrogen) atoms. The molecule has 0 atom stereocenters. The number of aryl methyl sites for hydroxylation is 2. The highest BCUT2D eigenvalue weighted by Crippen LogP contribution is 2.31. The molecule has 0 aliphatic carbocycles. The molecular formula is C21H23N. The summed E-state index contributed by atoms with van der Waals surface area (Å²) in [7, 11) is 0. The first-order valence-electron chi connectivity index (χ1n) is 8.12. The van der Waals surface area contributed by atoms with E-state index in [0.29, 0.717) is 0 Å². The molecule has 112 valence electrons. The van der Waals surface area contributed by atoms with E-state index < -0.39 is 0 Å². The Morgan fingerprint density at radius 1 is 1.00 bits per heavy atom. The summed E-state index contributed by atoms with van der Waals surface area (Å²) >= 11 is 0. The van der Waals surface area contributed by atoms with E-state index in [1.165, 1.54) is 33.4 Å². The van der Waals surface area contributed by atoms with Crippen molar-refractivity contribution in [3.63, 3.8) is 0 Å². The molecule has 1 heteroatoms. The van der Waals surface area contributed by atoms with Crippen molar-refractivity contribution in [1.82, 2.24) is 4.57 Å². The third kappa shape index (κ3) is 2.48. The normalized spacial score (nSPS) is 11.6. The molecular weight excluding hydrogens is 266 g/mol. The molecule has 2 aromatic carbocycles. The van der Waals surface area contributed by atoms with Crippen molar-refractivity contribution in [3.8, 4) is 5.69 Å². The molecule has 1 aromatic heterocycles. The predicted octanol–water partition coefficient (Wildman–Crippen LogP) is 5.92. The molecule has 0 fully saturated rings. The highest BCUT2D eigenvalue weighted by molar-refractivity contribution is 5.90. The maximum absolute atomic E-state index is 2.40. The highest BCUT2D eigenvalue weighted by atomic mass is 15.0. The van der Waals surface area contributed by atoms with Gasteiger partial charge >= 0.3 is 0 Å². The van der Waals surface area contributed by atoms with Crippen molar-refractivity contribution in [3.05, 3.63) is 71.4 Å². The lowest BCUT2D eigenvalue weighted by molar-refractivity contribution is 1.06. The fourth-order valence-corrected chi connectivity index (χ4v) is 3.15. The smallest absolute Gasteiger partial charge is 0.0537 e. The summed E-state index contributed by atoms with van der Waals surface area (Å²) < 4.78 is 2.40. The van der Waals surface area contributed by atoms with Crippen LogP contribution in [-0.2, 0) is 6.42 Å². The first kappa shape index (κ1) is 14.6. The number of hydrogen-bond acceptors (Lipinski definition) is 0. The van der Waals surface area contributed by atoms with E-state index in [-0.39, 0.29) is 0 Å². The van der Waals surface area contributed by atoms with Gasteiger partial charge in [0.25, 0.3) is 0 Å². The molecule has 0 aliphatic heterocycles. The Labute approximate surface area is 132 Å². The minimum atomic E-state index is 1.04. The van der Waals surface area contributed by atoms with E-state index >= 15 is 0 Å². The van der Waals surface area contributed by atoms with Crippen LogP contribution in [-0.4, -0.2) is 4.57 Å². The van der Waals surface area contributed by atoms with Gasteiger partial charge in [-0.15, -0.1) is 0 Å². The van der Waals surface area contributed by atoms with Crippen molar-refractivity contribution >= 4 is 17.0 Å². The molecule has 3 aromatic rings. The topological polar surface area (TPSA) is 4.93 Å². The number of hydrogen-bond donors (Lipinski definition) is 0. The molecule has 1 heterocycles. The van der Waals surface area contributed by atoms with Crippen molar-refractivity contribution in [2.24, 2.45) is 0 Å². The van der Waals surface area contributed by atoms with Gasteiger partial charge in [0.2, 0.25) is 0 Å². The maximum Gasteiger partial charge on any atom is 0.0537 e. The second-order valence-corrected chi connectivity index (χ2v) is 5.72. The summed E-state index contributed by atoms with van der Waals surface area (Å²) in [5.74, 6) is 0. The van der Waals surface area contributed by atoms with Gasteiger partial charge in [-0.1, -0.05) is 50.3 Å². The first-order chi connectivity index (χ1) is 10.8. The molecule has 0 aliphatic rings. The van der Waals surface area contributed by atoms with Crippen LogP contribution in [0, 0.1) is 6.92 Å². The van der Waals surface area contributed by atoms with Crippen LogP contribution in [0.4, 0.5) is 0 Å². The van der Waals surface area contributed by atoms with E-state index in [0.717, 1.165) is 12.8 Å². The minimum Gasteiger partial charge on any atom is -0.310 e.